The van der Waals surface area contributed by atoms with Gasteiger partial charge in [0.1, 0.15) is 34.7 Å². The maximum atomic E-state index is 14.2. The van der Waals surface area contributed by atoms with Crippen molar-refractivity contribution in [3.63, 3.8) is 0 Å². The second kappa shape index (κ2) is 13.7. The third kappa shape index (κ3) is 6.67. The monoisotopic (exact) mass is 749 g/mol. The summed E-state index contributed by atoms with van der Waals surface area (Å²) in [6.45, 7) is 1.94. The number of ether oxygens (including phenoxy) is 4. The van der Waals surface area contributed by atoms with Crippen molar-refractivity contribution in [2.75, 3.05) is 6.79 Å². The molecule has 0 aromatic heterocycles. The predicted octanol–water partition coefficient (Wildman–Crippen LogP) is 3.81. The van der Waals surface area contributed by atoms with Crippen LogP contribution in [0.25, 0.3) is 0 Å². The third-order valence-electron chi connectivity index (χ3n) is 9.36. The van der Waals surface area contributed by atoms with Crippen molar-refractivity contribution in [3.8, 4) is 23.0 Å². The minimum atomic E-state index is -5.27. The maximum Gasteiger partial charge on any atom is 0.471 e. The molecule has 2 aliphatic carbocycles. The lowest BCUT2D eigenvalue weighted by atomic mass is 9.72. The summed E-state index contributed by atoms with van der Waals surface area (Å²) in [4.78, 5) is 52.5. The molecule has 52 heavy (non-hydrogen) atoms. The van der Waals surface area contributed by atoms with Crippen LogP contribution in [0.5, 0.6) is 23.0 Å². The van der Waals surface area contributed by atoms with Crippen molar-refractivity contribution in [1.29, 1.82) is 0 Å². The Kier molecular flexibility index (Phi) is 9.73. The number of aliphatic hydroxyl groups excluding tert-OH is 1. The van der Waals surface area contributed by atoms with Crippen LogP contribution >= 0.6 is 11.6 Å². The number of amides is 1. The van der Waals surface area contributed by atoms with E-state index in [0.29, 0.717) is 10.8 Å². The van der Waals surface area contributed by atoms with Crippen LogP contribution in [0.4, 0.5) is 13.2 Å². The molecule has 4 unspecified atom stereocenters. The van der Waals surface area contributed by atoms with Crippen molar-refractivity contribution in [1.82, 2.24) is 5.32 Å². The zero-order chi connectivity index (χ0) is 37.9. The molecule has 3 aromatic carbocycles. The van der Waals surface area contributed by atoms with Crippen LogP contribution in [0.15, 0.2) is 42.5 Å². The molecule has 1 saturated heterocycles. The van der Waals surface area contributed by atoms with Gasteiger partial charge in [0, 0.05) is 41.0 Å². The molecule has 1 fully saturated rings. The Bertz CT molecular complexity index is 1970. The fraction of sp³-hybridized carbons (Fsp3) is 0.371. The molecule has 6 rings (SSSR count). The molecule has 0 radical (unpaired) electrons. The molecular weight excluding hydrogens is 719 g/mol. The van der Waals surface area contributed by atoms with Crippen LogP contribution in [-0.2, 0) is 25.5 Å². The molecule has 5 N–H and O–H groups in total. The number of benzene rings is 3. The van der Waals surface area contributed by atoms with Crippen LogP contribution in [-0.4, -0.2) is 86.8 Å². The van der Waals surface area contributed by atoms with Gasteiger partial charge >= 0.3 is 12.1 Å². The van der Waals surface area contributed by atoms with E-state index in [1.807, 2.05) is 0 Å². The lowest BCUT2D eigenvalue weighted by Gasteiger charge is -2.42. The molecule has 17 heteroatoms. The number of hydrogen-bond acceptors (Lipinski definition) is 12. The summed E-state index contributed by atoms with van der Waals surface area (Å²) in [6.07, 6.45) is -12.9. The SMILES string of the molecule is CC(=O)[C@]1(O)Cc2c(O)c3c(c(O)c2[C@@H](OC2CC(NC(=O)C(F)(F)F)C(O)C(C)O2)C1)C(=O)c1c(OCOc2ccc(Cl)cc2)cccc1C3=O. The molecule has 3 aliphatic rings. The highest BCUT2D eigenvalue weighted by molar-refractivity contribution is 6.31. The van der Waals surface area contributed by atoms with Crippen LogP contribution in [0.3, 0.4) is 0 Å². The number of Topliss-reactive ketones (excluding diaryl/α,β-unsaturated/α-hetero) is 1. The molecule has 1 amide bonds. The largest absolute Gasteiger partial charge is 0.507 e. The second-order valence-corrected chi connectivity index (χ2v) is 13.1. The molecule has 6 atom stereocenters. The molecule has 1 aliphatic heterocycles. The molecule has 3 aromatic rings. The Balaban J connectivity index is 1.37. The predicted molar refractivity (Wildman–Crippen MR) is 171 cm³/mol. The van der Waals surface area contributed by atoms with Gasteiger partial charge in [-0.3, -0.25) is 19.2 Å². The van der Waals surface area contributed by atoms with Gasteiger partial charge in [0.05, 0.1) is 34.9 Å². The van der Waals surface area contributed by atoms with E-state index in [1.165, 1.54) is 25.1 Å². The van der Waals surface area contributed by atoms with Crippen molar-refractivity contribution in [2.24, 2.45) is 0 Å². The van der Waals surface area contributed by atoms with Gasteiger partial charge in [-0.2, -0.15) is 13.2 Å². The average molecular weight is 750 g/mol. The summed E-state index contributed by atoms with van der Waals surface area (Å²) in [5, 5.41) is 47.3. The fourth-order valence-electron chi connectivity index (χ4n) is 6.66. The number of nitrogens with one attached hydrogen (secondary N) is 1. The number of fused-ring (bicyclic) bond motifs is 3. The zero-order valence-corrected chi connectivity index (χ0v) is 28.1. The molecule has 0 spiro atoms. The first kappa shape index (κ1) is 37.0. The summed E-state index contributed by atoms with van der Waals surface area (Å²) < 4.78 is 62.0. The number of alkyl halides is 3. The van der Waals surface area contributed by atoms with Gasteiger partial charge in [-0.15, -0.1) is 0 Å². The van der Waals surface area contributed by atoms with Crippen molar-refractivity contribution >= 4 is 34.9 Å². The number of hydrogen-bond donors (Lipinski definition) is 5. The van der Waals surface area contributed by atoms with Crippen LogP contribution < -0.4 is 14.8 Å². The summed E-state index contributed by atoms with van der Waals surface area (Å²) in [6, 6.07) is 8.91. The number of aliphatic hydroxyl groups is 2. The van der Waals surface area contributed by atoms with E-state index >= 15 is 0 Å². The highest BCUT2D eigenvalue weighted by Gasteiger charge is 2.50. The second-order valence-electron chi connectivity index (χ2n) is 12.7. The Morgan fingerprint density at radius 1 is 1.02 bits per heavy atom. The van der Waals surface area contributed by atoms with Gasteiger partial charge < -0.3 is 44.7 Å². The van der Waals surface area contributed by atoms with Gasteiger partial charge in [0.25, 0.3) is 0 Å². The van der Waals surface area contributed by atoms with E-state index in [0.717, 1.165) is 6.92 Å². The van der Waals surface area contributed by atoms with E-state index in [9.17, 15) is 52.8 Å². The minimum Gasteiger partial charge on any atom is -0.507 e. The first-order valence-electron chi connectivity index (χ1n) is 15.9. The molecule has 1 heterocycles. The van der Waals surface area contributed by atoms with E-state index < -0.39 is 114 Å². The van der Waals surface area contributed by atoms with E-state index in [2.05, 4.69) is 0 Å². The molecular formula is C35H31ClF3NO12. The Morgan fingerprint density at radius 3 is 2.35 bits per heavy atom. The number of ketones is 3. The summed E-state index contributed by atoms with van der Waals surface area (Å²) in [7, 11) is 0. The average Bonchev–Trinajstić information content (AvgIpc) is 3.07. The van der Waals surface area contributed by atoms with Gasteiger partial charge in [-0.25, -0.2) is 0 Å². The number of carbonyl (C=O) groups is 4. The number of phenols is 2. The summed E-state index contributed by atoms with van der Waals surface area (Å²) in [5.74, 6) is -6.30. The number of phenolic OH excluding ortho intramolecular Hbond substituents is 2. The quantitative estimate of drug-likeness (QED) is 0.129. The first-order valence-corrected chi connectivity index (χ1v) is 16.2. The highest BCUT2D eigenvalue weighted by atomic mass is 35.5. The number of aromatic hydroxyl groups is 2. The van der Waals surface area contributed by atoms with Crippen LogP contribution in [0.1, 0.15) is 75.8 Å². The lowest BCUT2D eigenvalue weighted by Crippen LogP contribution is -2.57. The normalized spacial score (nSPS) is 25.4. The smallest absolute Gasteiger partial charge is 0.471 e. The van der Waals surface area contributed by atoms with E-state index in [4.69, 9.17) is 30.5 Å². The number of halogens is 4. The van der Waals surface area contributed by atoms with Crippen LogP contribution in [0, 0.1) is 0 Å². The summed E-state index contributed by atoms with van der Waals surface area (Å²) >= 11 is 5.90. The zero-order valence-electron chi connectivity index (χ0n) is 27.3. The number of rotatable bonds is 8. The molecule has 0 saturated carbocycles. The van der Waals surface area contributed by atoms with Gasteiger partial charge in [0.2, 0.25) is 12.6 Å². The Labute approximate surface area is 297 Å². The molecule has 0 bridgehead atoms. The van der Waals surface area contributed by atoms with Gasteiger partial charge in [-0.1, -0.05) is 23.7 Å². The third-order valence-corrected chi connectivity index (χ3v) is 9.61. The Morgan fingerprint density at radius 2 is 1.69 bits per heavy atom. The minimum absolute atomic E-state index is 0.0964. The van der Waals surface area contributed by atoms with E-state index in [-0.39, 0.29) is 28.0 Å². The Hall–Kier alpha value is -4.74. The maximum absolute atomic E-state index is 14.2. The van der Waals surface area contributed by atoms with Gasteiger partial charge in [0.15, 0.2) is 17.9 Å². The van der Waals surface area contributed by atoms with Gasteiger partial charge in [-0.05, 0) is 44.2 Å². The van der Waals surface area contributed by atoms with Crippen molar-refractivity contribution < 1.29 is 71.7 Å². The van der Waals surface area contributed by atoms with E-state index in [1.54, 1.807) is 29.6 Å². The van der Waals surface area contributed by atoms with Crippen molar-refractivity contribution in [2.45, 2.75) is 75.5 Å². The standard InChI is InChI=1S/C35H31ClF3NO12/c1-14-28(42)20(40-33(47)35(37,38)39)10-23(51-14)52-22-12-34(48,15(2)41)11-19-25(22)32(46)27-26(30(19)44)29(43)18-4-3-5-21(24(18)31(27)45)50-13-49-17-8-6-16(36)7-9-17/h3-9,14,20,22-23,28,42,44,46,48H,10-13H2,1-2H3,(H,40,47)/t14?,20?,22-,23?,28?,34-/m0/s1. The first-order chi connectivity index (χ1) is 24.4. The highest BCUT2D eigenvalue weighted by Crippen LogP contribution is 2.52. The topological polar surface area (TPSA) is 198 Å². The lowest BCUT2D eigenvalue weighted by molar-refractivity contribution is -0.250. The fourth-order valence-corrected chi connectivity index (χ4v) is 6.79. The van der Waals surface area contributed by atoms with Crippen LogP contribution in [0.2, 0.25) is 5.02 Å². The number of carbonyl (C=O) groups excluding carboxylic acids is 4. The summed E-state index contributed by atoms with van der Waals surface area (Å²) in [5.41, 5.74) is -4.52. The molecule has 276 valence electrons. The molecule has 13 nitrogen and oxygen atoms in total. The van der Waals surface area contributed by atoms with Crippen molar-refractivity contribution in [3.05, 3.63) is 80.9 Å².